The monoisotopic (exact) mass is 381 g/mol. The summed E-state index contributed by atoms with van der Waals surface area (Å²) in [7, 11) is 1.57. The lowest BCUT2D eigenvalue weighted by Crippen LogP contribution is -2.33. The lowest BCUT2D eigenvalue weighted by Gasteiger charge is -2.27. The SMILES string of the molecule is CCCOc1c(Cl)cc(/C=C/C(=O)NCC2CCOC(C)C2)cc1OC. The topological polar surface area (TPSA) is 56.8 Å². The average Bonchev–Trinajstić information content (AvgIpc) is 2.63. The molecule has 0 saturated carbocycles. The van der Waals surface area contributed by atoms with E-state index in [-0.39, 0.29) is 12.0 Å². The standard InChI is InChI=1S/C20H28ClNO4/c1-4-8-26-20-17(21)11-15(12-18(20)24-3)5-6-19(23)22-13-16-7-9-25-14(2)10-16/h5-6,11-12,14,16H,4,7-10,13H2,1-3H3,(H,22,23)/b6-5+. The summed E-state index contributed by atoms with van der Waals surface area (Å²) in [6, 6.07) is 3.57. The summed E-state index contributed by atoms with van der Waals surface area (Å²) in [5, 5.41) is 3.42. The molecule has 1 aliphatic rings. The van der Waals surface area contributed by atoms with E-state index in [2.05, 4.69) is 12.2 Å². The van der Waals surface area contributed by atoms with Crippen molar-refractivity contribution in [3.63, 3.8) is 0 Å². The van der Waals surface area contributed by atoms with Gasteiger partial charge in [0.2, 0.25) is 5.91 Å². The number of ether oxygens (including phenoxy) is 3. The van der Waals surface area contributed by atoms with E-state index in [1.807, 2.05) is 6.92 Å². The Morgan fingerprint density at radius 3 is 2.96 bits per heavy atom. The molecule has 0 bridgehead atoms. The Kier molecular flexibility index (Phi) is 8.26. The number of carbonyl (C=O) groups is 1. The average molecular weight is 382 g/mol. The van der Waals surface area contributed by atoms with Crippen LogP contribution in [0.4, 0.5) is 0 Å². The van der Waals surface area contributed by atoms with Crippen LogP contribution in [0.3, 0.4) is 0 Å². The molecule has 1 aliphatic heterocycles. The number of methoxy groups -OCH3 is 1. The molecule has 1 fully saturated rings. The highest BCUT2D eigenvalue weighted by Gasteiger charge is 2.19. The van der Waals surface area contributed by atoms with E-state index in [0.29, 0.717) is 35.6 Å². The molecule has 2 atom stereocenters. The number of amides is 1. The van der Waals surface area contributed by atoms with Gasteiger partial charge in [-0.1, -0.05) is 18.5 Å². The van der Waals surface area contributed by atoms with E-state index in [1.54, 1.807) is 25.3 Å². The molecule has 1 heterocycles. The molecule has 2 unspecified atom stereocenters. The van der Waals surface area contributed by atoms with Crippen LogP contribution in [0.25, 0.3) is 6.08 Å². The minimum Gasteiger partial charge on any atom is -0.493 e. The van der Waals surface area contributed by atoms with E-state index >= 15 is 0 Å². The van der Waals surface area contributed by atoms with Crippen molar-refractivity contribution >= 4 is 23.6 Å². The van der Waals surface area contributed by atoms with Crippen molar-refractivity contribution in [3.05, 3.63) is 28.8 Å². The van der Waals surface area contributed by atoms with Crippen LogP contribution in [0.1, 0.15) is 38.7 Å². The number of halogens is 1. The molecule has 1 aromatic carbocycles. The fourth-order valence-electron chi connectivity index (χ4n) is 2.93. The highest BCUT2D eigenvalue weighted by atomic mass is 35.5. The number of hydrogen-bond donors (Lipinski definition) is 1. The largest absolute Gasteiger partial charge is 0.493 e. The maximum Gasteiger partial charge on any atom is 0.244 e. The number of hydrogen-bond acceptors (Lipinski definition) is 4. The highest BCUT2D eigenvalue weighted by Crippen LogP contribution is 2.36. The summed E-state index contributed by atoms with van der Waals surface area (Å²) in [5.74, 6) is 1.44. The Labute approximate surface area is 160 Å². The van der Waals surface area contributed by atoms with Gasteiger partial charge in [-0.2, -0.15) is 0 Å². The van der Waals surface area contributed by atoms with Crippen LogP contribution >= 0.6 is 11.6 Å². The van der Waals surface area contributed by atoms with Crippen LogP contribution in [0.2, 0.25) is 5.02 Å². The molecule has 0 spiro atoms. The second kappa shape index (κ2) is 10.4. The molecule has 1 N–H and O–H groups in total. The van der Waals surface area contributed by atoms with Crippen molar-refractivity contribution in [2.24, 2.45) is 5.92 Å². The van der Waals surface area contributed by atoms with Crippen molar-refractivity contribution < 1.29 is 19.0 Å². The molecule has 1 amide bonds. The predicted molar refractivity (Wildman–Crippen MR) is 104 cm³/mol. The first-order valence-corrected chi connectivity index (χ1v) is 9.49. The summed E-state index contributed by atoms with van der Waals surface area (Å²) < 4.78 is 16.5. The zero-order valence-electron chi connectivity index (χ0n) is 15.7. The van der Waals surface area contributed by atoms with Crippen LogP contribution in [0.5, 0.6) is 11.5 Å². The Morgan fingerprint density at radius 1 is 1.46 bits per heavy atom. The Bertz CT molecular complexity index is 632. The fourth-order valence-corrected chi connectivity index (χ4v) is 3.21. The minimum atomic E-state index is -0.120. The zero-order valence-corrected chi connectivity index (χ0v) is 16.5. The summed E-state index contributed by atoms with van der Waals surface area (Å²) in [4.78, 5) is 12.1. The van der Waals surface area contributed by atoms with Gasteiger partial charge in [-0.25, -0.2) is 0 Å². The molecule has 0 radical (unpaired) electrons. The molecule has 0 aliphatic carbocycles. The van der Waals surface area contributed by atoms with Gasteiger partial charge < -0.3 is 19.5 Å². The molecule has 0 aromatic heterocycles. The van der Waals surface area contributed by atoms with Crippen LogP contribution in [-0.4, -0.2) is 38.9 Å². The van der Waals surface area contributed by atoms with Gasteiger partial charge in [0.25, 0.3) is 0 Å². The molecule has 26 heavy (non-hydrogen) atoms. The van der Waals surface area contributed by atoms with E-state index in [1.165, 1.54) is 6.08 Å². The third kappa shape index (κ3) is 6.22. The lowest BCUT2D eigenvalue weighted by molar-refractivity contribution is -0.116. The molecule has 5 nitrogen and oxygen atoms in total. The van der Waals surface area contributed by atoms with Crippen molar-refractivity contribution in [2.45, 2.75) is 39.2 Å². The summed E-state index contributed by atoms with van der Waals surface area (Å²) in [5.41, 5.74) is 0.783. The maximum atomic E-state index is 12.1. The van der Waals surface area contributed by atoms with Crippen LogP contribution in [0.15, 0.2) is 18.2 Å². The van der Waals surface area contributed by atoms with Gasteiger partial charge in [-0.05, 0) is 55.9 Å². The van der Waals surface area contributed by atoms with Crippen molar-refractivity contribution in [1.29, 1.82) is 0 Å². The Hall–Kier alpha value is -1.72. The third-order valence-electron chi connectivity index (χ3n) is 4.29. The third-order valence-corrected chi connectivity index (χ3v) is 4.57. The second-order valence-electron chi connectivity index (χ2n) is 6.53. The summed E-state index contributed by atoms with van der Waals surface area (Å²) in [6.07, 6.45) is 6.36. The Balaban J connectivity index is 1.93. The zero-order chi connectivity index (χ0) is 18.9. The van der Waals surface area contributed by atoms with E-state index in [9.17, 15) is 4.79 Å². The van der Waals surface area contributed by atoms with Gasteiger partial charge in [0.1, 0.15) is 0 Å². The molecule has 144 valence electrons. The van der Waals surface area contributed by atoms with Crippen molar-refractivity contribution in [2.75, 3.05) is 26.9 Å². The minimum absolute atomic E-state index is 0.120. The van der Waals surface area contributed by atoms with Crippen LogP contribution in [0, 0.1) is 5.92 Å². The smallest absolute Gasteiger partial charge is 0.244 e. The van der Waals surface area contributed by atoms with Crippen molar-refractivity contribution in [1.82, 2.24) is 5.32 Å². The summed E-state index contributed by atoms with van der Waals surface area (Å²) >= 11 is 6.29. The first-order chi connectivity index (χ1) is 12.5. The van der Waals surface area contributed by atoms with E-state index in [0.717, 1.165) is 31.4 Å². The number of carbonyl (C=O) groups excluding carboxylic acids is 1. The lowest BCUT2D eigenvalue weighted by atomic mass is 9.96. The second-order valence-corrected chi connectivity index (χ2v) is 6.94. The molecule has 1 saturated heterocycles. The van der Waals surface area contributed by atoms with Crippen LogP contribution in [-0.2, 0) is 9.53 Å². The van der Waals surface area contributed by atoms with E-state index < -0.39 is 0 Å². The Morgan fingerprint density at radius 2 is 2.27 bits per heavy atom. The normalized spacial score (nSPS) is 20.2. The van der Waals surface area contributed by atoms with Gasteiger partial charge in [-0.15, -0.1) is 0 Å². The number of nitrogens with one attached hydrogen (secondary N) is 1. The summed E-state index contributed by atoms with van der Waals surface area (Å²) in [6.45, 7) is 6.10. The molecule has 6 heteroatoms. The fraction of sp³-hybridized carbons (Fsp3) is 0.550. The van der Waals surface area contributed by atoms with Gasteiger partial charge in [-0.3, -0.25) is 4.79 Å². The molecular formula is C20H28ClNO4. The highest BCUT2D eigenvalue weighted by molar-refractivity contribution is 6.32. The number of benzene rings is 1. The van der Waals surface area contributed by atoms with Crippen molar-refractivity contribution in [3.8, 4) is 11.5 Å². The first kappa shape index (κ1) is 20.6. The first-order valence-electron chi connectivity index (χ1n) is 9.11. The predicted octanol–water partition coefficient (Wildman–Crippen LogP) is 4.08. The quantitative estimate of drug-likeness (QED) is 0.689. The van der Waals surface area contributed by atoms with Gasteiger partial charge in [0.15, 0.2) is 11.5 Å². The van der Waals surface area contributed by atoms with Gasteiger partial charge in [0, 0.05) is 19.2 Å². The molecular weight excluding hydrogens is 354 g/mol. The molecule has 2 rings (SSSR count). The number of rotatable bonds is 8. The van der Waals surface area contributed by atoms with E-state index in [4.69, 9.17) is 25.8 Å². The molecule has 1 aromatic rings. The maximum absolute atomic E-state index is 12.1. The van der Waals surface area contributed by atoms with Gasteiger partial charge in [0.05, 0.1) is 24.8 Å². The van der Waals surface area contributed by atoms with Crippen LogP contribution < -0.4 is 14.8 Å². The van der Waals surface area contributed by atoms with Gasteiger partial charge >= 0.3 is 0 Å².